The largest absolute Gasteiger partial charge is 0.453 e. The Kier molecular flexibility index (Phi) is 11.3. The molecule has 8 nitrogen and oxygen atoms in total. The van der Waals surface area contributed by atoms with E-state index in [0.29, 0.717) is 6.54 Å². The molecule has 228 valence electrons. The van der Waals surface area contributed by atoms with Gasteiger partial charge in [0.1, 0.15) is 0 Å². The number of hydrogen-bond acceptors (Lipinski definition) is 7. The third-order valence-corrected chi connectivity index (χ3v) is 7.68. The minimum Gasteiger partial charge on any atom is -0.453 e. The minimum atomic E-state index is -0.845. The number of rotatable bonds is 12. The zero-order valence-electron chi connectivity index (χ0n) is 25.4. The lowest BCUT2D eigenvalue weighted by molar-refractivity contribution is -0.275. The number of nitrogens with zero attached hydrogens (tertiary/aromatic N) is 1. The normalized spacial score (nSPS) is 20.8. The average molecular weight is 587 g/mol. The molecule has 3 aromatic carbocycles. The van der Waals surface area contributed by atoms with E-state index in [1.54, 1.807) is 6.92 Å². The van der Waals surface area contributed by atoms with Crippen LogP contribution in [0.15, 0.2) is 85.5 Å². The molecule has 1 heterocycles. The SMILES string of the molecule is C=CCN(C)C[C@H]1O[C@@H](c2ccc(-c3cccc(CNC(=O)[C@H](C)OC(C)=O)c3)cc2)O[C@@H](c2ccc(CO)cc2)[C@H]1C. The van der Waals surface area contributed by atoms with Gasteiger partial charge in [-0.3, -0.25) is 9.59 Å². The number of amides is 1. The first-order valence-corrected chi connectivity index (χ1v) is 14.6. The van der Waals surface area contributed by atoms with Crippen LogP contribution in [0.5, 0.6) is 0 Å². The Morgan fingerprint density at radius 3 is 2.37 bits per heavy atom. The maximum absolute atomic E-state index is 12.2. The molecule has 0 aromatic heterocycles. The molecule has 5 atom stereocenters. The summed E-state index contributed by atoms with van der Waals surface area (Å²) < 4.78 is 18.1. The standard InChI is InChI=1S/C35H42N2O6/c1-6-18-37(5)21-32-23(2)33(29-12-10-26(22-38)11-13-29)43-35(42-32)30-16-14-28(15-17-30)31-9-7-8-27(19-31)20-36-34(40)24(3)41-25(4)39/h6-17,19,23-24,32-33,35,38H,1,18,20-22H2,2-5H3,(H,36,40)/t23-,24-,32+,33+,35+/m0/s1. The monoisotopic (exact) mass is 586 g/mol. The summed E-state index contributed by atoms with van der Waals surface area (Å²) in [7, 11) is 2.06. The summed E-state index contributed by atoms with van der Waals surface area (Å²) in [5.74, 6) is -0.735. The Morgan fingerprint density at radius 2 is 1.72 bits per heavy atom. The third kappa shape index (κ3) is 8.61. The van der Waals surface area contributed by atoms with Crippen molar-refractivity contribution in [1.29, 1.82) is 0 Å². The second-order valence-corrected chi connectivity index (χ2v) is 11.1. The number of aliphatic hydroxyl groups is 1. The lowest BCUT2D eigenvalue weighted by Crippen LogP contribution is -2.43. The van der Waals surface area contributed by atoms with Gasteiger partial charge in [-0.1, -0.05) is 79.7 Å². The first kappa shape index (κ1) is 32.1. The number of esters is 1. The Balaban J connectivity index is 1.50. The van der Waals surface area contributed by atoms with E-state index in [1.807, 2.05) is 78.9 Å². The van der Waals surface area contributed by atoms with Crippen LogP contribution in [0.2, 0.25) is 0 Å². The predicted molar refractivity (Wildman–Crippen MR) is 166 cm³/mol. The van der Waals surface area contributed by atoms with Crippen LogP contribution in [0.25, 0.3) is 11.1 Å². The van der Waals surface area contributed by atoms with Gasteiger partial charge in [-0.05, 0) is 47.9 Å². The van der Waals surface area contributed by atoms with E-state index in [-0.39, 0.29) is 30.6 Å². The zero-order chi connectivity index (χ0) is 30.9. The maximum Gasteiger partial charge on any atom is 0.303 e. The molecular weight excluding hydrogens is 544 g/mol. The topological polar surface area (TPSA) is 97.3 Å². The van der Waals surface area contributed by atoms with Crippen LogP contribution >= 0.6 is 0 Å². The van der Waals surface area contributed by atoms with Crippen molar-refractivity contribution < 1.29 is 28.9 Å². The Bertz CT molecular complexity index is 1370. The van der Waals surface area contributed by atoms with Crippen LogP contribution in [0, 0.1) is 5.92 Å². The first-order chi connectivity index (χ1) is 20.7. The molecule has 4 rings (SSSR count). The van der Waals surface area contributed by atoms with Crippen LogP contribution < -0.4 is 5.32 Å². The van der Waals surface area contributed by atoms with E-state index >= 15 is 0 Å². The fraction of sp³-hybridized carbons (Fsp3) is 0.371. The lowest BCUT2D eigenvalue weighted by Gasteiger charge is -2.42. The molecule has 0 bridgehead atoms. The molecule has 0 spiro atoms. The molecule has 43 heavy (non-hydrogen) atoms. The summed E-state index contributed by atoms with van der Waals surface area (Å²) in [6.07, 6.45) is 0.250. The molecule has 8 heteroatoms. The molecule has 0 unspecified atom stereocenters. The number of carbonyl (C=O) groups excluding carboxylic acids is 2. The first-order valence-electron chi connectivity index (χ1n) is 14.6. The van der Waals surface area contributed by atoms with Crippen molar-refractivity contribution in [2.24, 2.45) is 5.92 Å². The third-order valence-electron chi connectivity index (χ3n) is 7.68. The van der Waals surface area contributed by atoms with Gasteiger partial charge in [-0.15, -0.1) is 6.58 Å². The van der Waals surface area contributed by atoms with E-state index in [0.717, 1.165) is 46.5 Å². The van der Waals surface area contributed by atoms with Crippen molar-refractivity contribution in [2.45, 2.75) is 58.5 Å². The molecule has 0 aliphatic carbocycles. The average Bonchev–Trinajstić information content (AvgIpc) is 3.01. The van der Waals surface area contributed by atoms with Gasteiger partial charge >= 0.3 is 5.97 Å². The van der Waals surface area contributed by atoms with E-state index < -0.39 is 18.4 Å². The fourth-order valence-corrected chi connectivity index (χ4v) is 5.26. The van der Waals surface area contributed by atoms with Crippen LogP contribution in [-0.2, 0) is 37.0 Å². The number of hydrogen-bond donors (Lipinski definition) is 2. The van der Waals surface area contributed by atoms with Crippen LogP contribution in [-0.4, -0.2) is 54.2 Å². The smallest absolute Gasteiger partial charge is 0.303 e. The van der Waals surface area contributed by atoms with Crippen molar-refractivity contribution in [2.75, 3.05) is 20.1 Å². The summed E-state index contributed by atoms with van der Waals surface area (Å²) in [5.41, 5.74) is 5.80. The number of aliphatic hydroxyl groups excluding tert-OH is 1. The van der Waals surface area contributed by atoms with Crippen molar-refractivity contribution in [3.63, 3.8) is 0 Å². The Hall–Kier alpha value is -3.82. The number of nitrogens with one attached hydrogen (secondary N) is 1. The number of ether oxygens (including phenoxy) is 3. The number of benzene rings is 3. The van der Waals surface area contributed by atoms with Gasteiger partial charge in [-0.25, -0.2) is 0 Å². The van der Waals surface area contributed by atoms with Crippen molar-refractivity contribution in [1.82, 2.24) is 10.2 Å². The minimum absolute atomic E-state index is 0.00124. The molecule has 1 saturated heterocycles. The summed E-state index contributed by atoms with van der Waals surface area (Å²) in [4.78, 5) is 25.6. The molecule has 1 amide bonds. The molecule has 1 aliphatic rings. The quantitative estimate of drug-likeness (QED) is 0.219. The molecular formula is C35H42N2O6. The summed E-state index contributed by atoms with van der Waals surface area (Å²) in [6.45, 7) is 10.7. The molecule has 0 saturated carbocycles. The van der Waals surface area contributed by atoms with Crippen molar-refractivity contribution in [3.05, 3.63) is 108 Å². The van der Waals surface area contributed by atoms with Crippen molar-refractivity contribution >= 4 is 11.9 Å². The summed E-state index contributed by atoms with van der Waals surface area (Å²) >= 11 is 0. The molecule has 1 aliphatic heterocycles. The molecule has 2 N–H and O–H groups in total. The Morgan fingerprint density at radius 1 is 1.02 bits per heavy atom. The zero-order valence-corrected chi connectivity index (χ0v) is 25.4. The van der Waals surface area contributed by atoms with Crippen LogP contribution in [0.1, 0.15) is 55.4 Å². The van der Waals surface area contributed by atoms with Gasteiger partial charge in [0.15, 0.2) is 12.4 Å². The molecule has 3 aromatic rings. The predicted octanol–water partition coefficient (Wildman–Crippen LogP) is 5.32. The highest BCUT2D eigenvalue weighted by Crippen LogP contribution is 2.42. The van der Waals surface area contributed by atoms with Crippen LogP contribution in [0.4, 0.5) is 0 Å². The van der Waals surface area contributed by atoms with E-state index in [2.05, 4.69) is 30.8 Å². The van der Waals surface area contributed by atoms with E-state index in [1.165, 1.54) is 6.92 Å². The second-order valence-electron chi connectivity index (χ2n) is 11.1. The highest BCUT2D eigenvalue weighted by atomic mass is 16.7. The summed E-state index contributed by atoms with van der Waals surface area (Å²) in [5, 5.41) is 12.3. The summed E-state index contributed by atoms with van der Waals surface area (Å²) in [6, 6.07) is 24.0. The maximum atomic E-state index is 12.2. The van der Waals surface area contributed by atoms with Gasteiger partial charge in [0.05, 0.1) is 18.8 Å². The van der Waals surface area contributed by atoms with Gasteiger partial charge < -0.3 is 29.5 Å². The molecule has 1 fully saturated rings. The number of likely N-dealkylation sites (N-methyl/N-ethyl adjacent to an activating group) is 1. The second kappa shape index (κ2) is 15.1. The van der Waals surface area contributed by atoms with Gasteiger partial charge in [0.25, 0.3) is 5.91 Å². The number of carbonyl (C=O) groups is 2. The van der Waals surface area contributed by atoms with E-state index in [4.69, 9.17) is 14.2 Å². The molecule has 0 radical (unpaired) electrons. The lowest BCUT2D eigenvalue weighted by atomic mass is 9.90. The van der Waals surface area contributed by atoms with Gasteiger partial charge in [0, 0.05) is 38.0 Å². The van der Waals surface area contributed by atoms with Crippen molar-refractivity contribution in [3.8, 4) is 11.1 Å². The van der Waals surface area contributed by atoms with Gasteiger partial charge in [-0.2, -0.15) is 0 Å². The highest BCUT2D eigenvalue weighted by molar-refractivity contribution is 5.82. The Labute approximate surface area is 254 Å². The van der Waals surface area contributed by atoms with E-state index in [9.17, 15) is 14.7 Å². The fourth-order valence-electron chi connectivity index (χ4n) is 5.26. The highest BCUT2D eigenvalue weighted by Gasteiger charge is 2.38. The van der Waals surface area contributed by atoms with Crippen LogP contribution in [0.3, 0.4) is 0 Å². The van der Waals surface area contributed by atoms with Gasteiger partial charge in [0.2, 0.25) is 0 Å².